The maximum Gasteiger partial charge on any atom is 0.238 e. The molecule has 3 aromatic carbocycles. The summed E-state index contributed by atoms with van der Waals surface area (Å²) in [7, 11) is 0. The minimum Gasteiger partial charge on any atom is -0.487 e. The van der Waals surface area contributed by atoms with Crippen LogP contribution in [-0.2, 0) is 17.8 Å². The predicted molar refractivity (Wildman–Crippen MR) is 109 cm³/mol. The molecule has 0 atom stereocenters. The van der Waals surface area contributed by atoms with Gasteiger partial charge >= 0.3 is 0 Å². The number of carbonyl (C=O) groups excluding carboxylic acids is 1. The number of hydrogen-bond acceptors (Lipinski definition) is 3. The molecule has 0 aromatic heterocycles. The minimum absolute atomic E-state index is 0.0844. The van der Waals surface area contributed by atoms with Gasteiger partial charge in [0.1, 0.15) is 12.4 Å². The van der Waals surface area contributed by atoms with Crippen LogP contribution in [0.1, 0.15) is 11.1 Å². The quantitative estimate of drug-likeness (QED) is 0.566. The molecule has 0 spiro atoms. The summed E-state index contributed by atoms with van der Waals surface area (Å²) in [5.74, 6) is 0.581. The lowest BCUT2D eigenvalue weighted by atomic mass is 10.1. The molecule has 0 radical (unpaired) electrons. The van der Waals surface area contributed by atoms with Gasteiger partial charge in [-0.05, 0) is 36.2 Å². The Hall–Kier alpha value is -3.11. The second-order valence-electron chi connectivity index (χ2n) is 6.23. The van der Waals surface area contributed by atoms with Crippen LogP contribution in [0.15, 0.2) is 84.9 Å². The van der Waals surface area contributed by atoms with Crippen LogP contribution in [0.2, 0.25) is 0 Å². The molecule has 0 heterocycles. The zero-order valence-corrected chi connectivity index (χ0v) is 15.2. The first-order chi connectivity index (χ1) is 13.3. The van der Waals surface area contributed by atoms with Gasteiger partial charge < -0.3 is 15.4 Å². The maximum atomic E-state index is 12.2. The van der Waals surface area contributed by atoms with Gasteiger partial charge in [-0.3, -0.25) is 4.79 Å². The summed E-state index contributed by atoms with van der Waals surface area (Å²) < 4.78 is 5.87. The average molecular weight is 360 g/mol. The van der Waals surface area contributed by atoms with Gasteiger partial charge in [0.2, 0.25) is 5.91 Å². The van der Waals surface area contributed by atoms with Crippen LogP contribution < -0.4 is 15.4 Å². The molecule has 0 unspecified atom stereocenters. The second kappa shape index (κ2) is 10.1. The predicted octanol–water partition coefficient (Wildman–Crippen LogP) is 4.04. The molecule has 4 heteroatoms. The number of nitrogens with one attached hydrogen (secondary N) is 2. The fourth-order valence-electron chi connectivity index (χ4n) is 2.70. The zero-order chi connectivity index (χ0) is 18.7. The van der Waals surface area contributed by atoms with Gasteiger partial charge in [-0.25, -0.2) is 0 Å². The summed E-state index contributed by atoms with van der Waals surface area (Å²) in [5.41, 5.74) is 3.02. The van der Waals surface area contributed by atoms with Gasteiger partial charge in [0.05, 0.1) is 12.2 Å². The van der Waals surface area contributed by atoms with Gasteiger partial charge in [0, 0.05) is 0 Å². The highest BCUT2D eigenvalue weighted by atomic mass is 16.5. The number of anilines is 1. The number of amides is 1. The number of benzene rings is 3. The molecule has 3 rings (SSSR count). The van der Waals surface area contributed by atoms with Crippen molar-refractivity contribution in [2.75, 3.05) is 18.4 Å². The number of para-hydroxylation sites is 2. The average Bonchev–Trinajstić information content (AvgIpc) is 2.72. The van der Waals surface area contributed by atoms with Crippen LogP contribution in [0.25, 0.3) is 0 Å². The molecule has 2 N–H and O–H groups in total. The van der Waals surface area contributed by atoms with E-state index in [1.165, 1.54) is 5.56 Å². The monoisotopic (exact) mass is 360 g/mol. The summed E-state index contributed by atoms with van der Waals surface area (Å²) in [4.78, 5) is 12.2. The summed E-state index contributed by atoms with van der Waals surface area (Å²) in [6.45, 7) is 1.48. The number of hydrogen-bond donors (Lipinski definition) is 2. The Morgan fingerprint density at radius 3 is 2.15 bits per heavy atom. The van der Waals surface area contributed by atoms with E-state index in [1.807, 2.05) is 72.8 Å². The first-order valence-electron chi connectivity index (χ1n) is 9.11. The third-order valence-corrected chi connectivity index (χ3v) is 4.12. The van der Waals surface area contributed by atoms with Crippen LogP contribution in [-0.4, -0.2) is 19.0 Å². The van der Waals surface area contributed by atoms with E-state index >= 15 is 0 Å². The van der Waals surface area contributed by atoms with Crippen molar-refractivity contribution in [1.82, 2.24) is 5.32 Å². The molecule has 0 saturated carbocycles. The molecule has 0 aliphatic rings. The normalized spacial score (nSPS) is 10.4. The Kier molecular flexibility index (Phi) is 7.01. The van der Waals surface area contributed by atoms with Crippen LogP contribution in [0.5, 0.6) is 5.75 Å². The SMILES string of the molecule is O=C(CNCCc1ccccc1)Nc1ccccc1OCc1ccccc1. The van der Waals surface area contributed by atoms with Crippen molar-refractivity contribution in [2.24, 2.45) is 0 Å². The molecule has 3 aromatic rings. The third-order valence-electron chi connectivity index (χ3n) is 4.12. The van der Waals surface area contributed by atoms with Crippen molar-refractivity contribution in [3.63, 3.8) is 0 Å². The van der Waals surface area contributed by atoms with E-state index in [4.69, 9.17) is 4.74 Å². The highest BCUT2D eigenvalue weighted by molar-refractivity contribution is 5.93. The van der Waals surface area contributed by atoms with Crippen LogP contribution in [0, 0.1) is 0 Å². The summed E-state index contributed by atoms with van der Waals surface area (Å²) >= 11 is 0. The van der Waals surface area contributed by atoms with Crippen molar-refractivity contribution >= 4 is 11.6 Å². The second-order valence-corrected chi connectivity index (χ2v) is 6.23. The van der Waals surface area contributed by atoms with E-state index < -0.39 is 0 Å². The molecular formula is C23H24N2O2. The minimum atomic E-state index is -0.0844. The number of ether oxygens (including phenoxy) is 1. The van der Waals surface area contributed by atoms with E-state index in [0.717, 1.165) is 18.5 Å². The molecule has 0 bridgehead atoms. The van der Waals surface area contributed by atoms with E-state index in [0.29, 0.717) is 18.0 Å². The van der Waals surface area contributed by atoms with Crippen molar-refractivity contribution in [1.29, 1.82) is 0 Å². The molecule has 0 fully saturated rings. The fourth-order valence-corrected chi connectivity index (χ4v) is 2.70. The Labute approximate surface area is 160 Å². The van der Waals surface area contributed by atoms with E-state index in [1.54, 1.807) is 0 Å². The Morgan fingerprint density at radius 1 is 0.778 bits per heavy atom. The first kappa shape index (κ1) is 18.7. The van der Waals surface area contributed by atoms with Crippen molar-refractivity contribution in [3.05, 3.63) is 96.1 Å². The lowest BCUT2D eigenvalue weighted by molar-refractivity contribution is -0.115. The number of carbonyl (C=O) groups is 1. The zero-order valence-electron chi connectivity index (χ0n) is 15.2. The standard InChI is InChI=1S/C23H24N2O2/c26-23(17-24-16-15-19-9-3-1-4-10-19)25-21-13-7-8-14-22(21)27-18-20-11-5-2-6-12-20/h1-14,24H,15-18H2,(H,25,26). The van der Waals surface area contributed by atoms with Gasteiger partial charge in [-0.2, -0.15) is 0 Å². The Morgan fingerprint density at radius 2 is 1.41 bits per heavy atom. The molecule has 138 valence electrons. The topological polar surface area (TPSA) is 50.4 Å². The third kappa shape index (κ3) is 6.28. The van der Waals surface area contributed by atoms with Crippen molar-refractivity contribution < 1.29 is 9.53 Å². The molecule has 4 nitrogen and oxygen atoms in total. The van der Waals surface area contributed by atoms with Gasteiger partial charge in [0.15, 0.2) is 0 Å². The molecule has 0 aliphatic carbocycles. The summed E-state index contributed by atoms with van der Waals surface area (Å²) in [6, 6.07) is 27.7. The van der Waals surface area contributed by atoms with Gasteiger partial charge in [0.25, 0.3) is 0 Å². The number of rotatable bonds is 9. The highest BCUT2D eigenvalue weighted by Crippen LogP contribution is 2.24. The smallest absolute Gasteiger partial charge is 0.238 e. The Bertz CT molecular complexity index is 835. The summed E-state index contributed by atoms with van der Waals surface area (Å²) in [6.07, 6.45) is 0.894. The van der Waals surface area contributed by atoms with Crippen molar-refractivity contribution in [2.45, 2.75) is 13.0 Å². The largest absolute Gasteiger partial charge is 0.487 e. The lowest BCUT2D eigenvalue weighted by Crippen LogP contribution is -2.29. The molecule has 0 aliphatic heterocycles. The molecule has 27 heavy (non-hydrogen) atoms. The van der Waals surface area contributed by atoms with Crippen LogP contribution >= 0.6 is 0 Å². The molecule has 0 saturated heterocycles. The first-order valence-corrected chi connectivity index (χ1v) is 9.11. The van der Waals surface area contributed by atoms with Crippen molar-refractivity contribution in [3.8, 4) is 5.75 Å². The van der Waals surface area contributed by atoms with Gasteiger partial charge in [-0.15, -0.1) is 0 Å². The maximum absolute atomic E-state index is 12.2. The highest BCUT2D eigenvalue weighted by Gasteiger charge is 2.07. The van der Waals surface area contributed by atoms with E-state index in [9.17, 15) is 4.79 Å². The van der Waals surface area contributed by atoms with E-state index in [-0.39, 0.29) is 12.5 Å². The van der Waals surface area contributed by atoms with Crippen LogP contribution in [0.4, 0.5) is 5.69 Å². The fraction of sp³-hybridized carbons (Fsp3) is 0.174. The molecular weight excluding hydrogens is 336 g/mol. The molecule has 1 amide bonds. The Balaban J connectivity index is 1.46. The summed E-state index contributed by atoms with van der Waals surface area (Å²) in [5, 5.41) is 6.10. The van der Waals surface area contributed by atoms with Crippen LogP contribution in [0.3, 0.4) is 0 Å². The van der Waals surface area contributed by atoms with E-state index in [2.05, 4.69) is 22.8 Å². The van der Waals surface area contributed by atoms with Gasteiger partial charge in [-0.1, -0.05) is 72.8 Å². The lowest BCUT2D eigenvalue weighted by Gasteiger charge is -2.13.